The Bertz CT molecular complexity index is 1320. The first-order valence-electron chi connectivity index (χ1n) is 11.9. The highest BCUT2D eigenvalue weighted by Crippen LogP contribution is 2.29. The summed E-state index contributed by atoms with van der Waals surface area (Å²) in [5.41, 5.74) is 3.93. The van der Waals surface area contributed by atoms with Crippen LogP contribution in [0.15, 0.2) is 54.3 Å². The number of nitrogens with one attached hydrogen (secondary N) is 5. The van der Waals surface area contributed by atoms with E-state index < -0.39 is 0 Å². The van der Waals surface area contributed by atoms with Crippen molar-refractivity contribution in [3.63, 3.8) is 0 Å². The zero-order valence-corrected chi connectivity index (χ0v) is 19.9. The third-order valence-electron chi connectivity index (χ3n) is 6.29. The number of amides is 1. The van der Waals surface area contributed by atoms with Crippen LogP contribution < -0.4 is 20.9 Å². The summed E-state index contributed by atoms with van der Waals surface area (Å²) in [6.07, 6.45) is 8.59. The fraction of sp³-hybridized carbons (Fsp3) is 0.320. The Morgan fingerprint density at radius 1 is 1.17 bits per heavy atom. The maximum Gasteiger partial charge on any atom is 0.261 e. The van der Waals surface area contributed by atoms with Crippen LogP contribution >= 0.6 is 0 Å². The predicted molar refractivity (Wildman–Crippen MR) is 136 cm³/mol. The molecule has 180 valence electrons. The first kappa shape index (κ1) is 22.6. The third kappa shape index (κ3) is 4.46. The molecule has 35 heavy (non-hydrogen) atoms. The van der Waals surface area contributed by atoms with Crippen LogP contribution in [0, 0.1) is 5.41 Å². The maximum atomic E-state index is 13.3. The van der Waals surface area contributed by atoms with E-state index in [1.165, 1.54) is 19.3 Å². The summed E-state index contributed by atoms with van der Waals surface area (Å²) in [7, 11) is 1.72. The van der Waals surface area contributed by atoms with Gasteiger partial charge in [0.05, 0.1) is 28.5 Å². The normalized spacial score (nSPS) is 18.7. The highest BCUT2D eigenvalue weighted by Gasteiger charge is 2.32. The van der Waals surface area contributed by atoms with Gasteiger partial charge in [0.1, 0.15) is 22.9 Å². The molecule has 1 fully saturated rings. The van der Waals surface area contributed by atoms with E-state index in [1.807, 2.05) is 13.0 Å². The molecule has 10 nitrogen and oxygen atoms in total. The fourth-order valence-electron chi connectivity index (χ4n) is 4.52. The Balaban J connectivity index is 1.56. The number of H-pyrrole nitrogens is 1. The van der Waals surface area contributed by atoms with Crippen molar-refractivity contribution in [1.29, 1.82) is 5.41 Å². The quantitative estimate of drug-likeness (QED) is 0.373. The lowest BCUT2D eigenvalue weighted by atomic mass is 10.0. The zero-order valence-electron chi connectivity index (χ0n) is 19.9. The number of fused-ring (bicyclic) bond motifs is 1. The smallest absolute Gasteiger partial charge is 0.261 e. The Kier molecular flexibility index (Phi) is 6.17. The summed E-state index contributed by atoms with van der Waals surface area (Å²) in [5.74, 6) is 0.625. The van der Waals surface area contributed by atoms with Crippen LogP contribution in [-0.2, 0) is 4.79 Å². The molecule has 2 aliphatic rings. The predicted octanol–water partition coefficient (Wildman–Crippen LogP) is 2.62. The minimum absolute atomic E-state index is 0.145. The number of piperidine rings is 1. The van der Waals surface area contributed by atoms with Crippen molar-refractivity contribution in [2.75, 3.05) is 25.0 Å². The van der Waals surface area contributed by atoms with Crippen molar-refractivity contribution in [2.45, 2.75) is 32.2 Å². The molecule has 1 atom stereocenters. The van der Waals surface area contributed by atoms with Gasteiger partial charge < -0.3 is 25.8 Å². The Hall–Kier alpha value is -4.21. The van der Waals surface area contributed by atoms with E-state index in [-0.39, 0.29) is 23.2 Å². The fourth-order valence-corrected chi connectivity index (χ4v) is 4.52. The van der Waals surface area contributed by atoms with E-state index in [9.17, 15) is 4.79 Å². The second-order valence-electron chi connectivity index (χ2n) is 8.73. The van der Waals surface area contributed by atoms with Crippen LogP contribution in [-0.4, -0.2) is 51.7 Å². The van der Waals surface area contributed by atoms with Gasteiger partial charge in [-0.3, -0.25) is 10.2 Å². The molecule has 1 aromatic carbocycles. The largest absolute Gasteiger partial charge is 0.392 e. The van der Waals surface area contributed by atoms with Gasteiger partial charge in [-0.2, -0.15) is 0 Å². The van der Waals surface area contributed by atoms with Gasteiger partial charge >= 0.3 is 0 Å². The van der Waals surface area contributed by atoms with Crippen LogP contribution in [0.3, 0.4) is 0 Å². The van der Waals surface area contributed by atoms with Gasteiger partial charge in [0.25, 0.3) is 5.91 Å². The summed E-state index contributed by atoms with van der Waals surface area (Å²) in [6.45, 7) is 3.99. The van der Waals surface area contributed by atoms with Crippen molar-refractivity contribution in [1.82, 2.24) is 35.9 Å². The number of aromatic nitrogens is 4. The molecule has 4 heterocycles. The lowest BCUT2D eigenvalue weighted by Crippen LogP contribution is -2.41. The Labute approximate surface area is 203 Å². The zero-order chi connectivity index (χ0) is 24.4. The number of anilines is 1. The minimum atomic E-state index is -0.346. The first-order valence-corrected chi connectivity index (χ1v) is 11.9. The molecule has 0 bridgehead atoms. The number of hydrogen-bond donors (Lipinski definition) is 5. The monoisotopic (exact) mass is 471 g/mol. The van der Waals surface area contributed by atoms with E-state index in [0.29, 0.717) is 23.0 Å². The van der Waals surface area contributed by atoms with Gasteiger partial charge in [-0.1, -0.05) is 0 Å². The highest BCUT2D eigenvalue weighted by molar-refractivity contribution is 6.33. The number of carbonyl (C=O) groups excluding carboxylic acids is 1. The Morgan fingerprint density at radius 2 is 1.94 bits per heavy atom. The van der Waals surface area contributed by atoms with E-state index >= 15 is 0 Å². The van der Waals surface area contributed by atoms with E-state index in [4.69, 9.17) is 10.4 Å². The molecule has 10 heteroatoms. The van der Waals surface area contributed by atoms with Gasteiger partial charge in [0, 0.05) is 44.4 Å². The average Bonchev–Trinajstić information content (AvgIpc) is 3.31. The van der Waals surface area contributed by atoms with E-state index in [0.717, 1.165) is 29.8 Å². The molecule has 0 saturated carbocycles. The number of hydrogen-bond acceptors (Lipinski definition) is 8. The maximum absolute atomic E-state index is 13.3. The molecule has 2 aliphatic heterocycles. The second kappa shape index (κ2) is 9.57. The highest BCUT2D eigenvalue weighted by atomic mass is 16.1. The lowest BCUT2D eigenvalue weighted by molar-refractivity contribution is -0.115. The molecule has 3 aromatic rings. The van der Waals surface area contributed by atoms with Crippen molar-refractivity contribution >= 4 is 33.9 Å². The molecule has 1 amide bonds. The molecule has 5 rings (SSSR count). The summed E-state index contributed by atoms with van der Waals surface area (Å²) in [6, 6.07) is 7.56. The lowest BCUT2D eigenvalue weighted by Gasteiger charge is -2.28. The van der Waals surface area contributed by atoms with Crippen molar-refractivity contribution in [2.24, 2.45) is 0 Å². The molecule has 0 aliphatic carbocycles. The Morgan fingerprint density at radius 3 is 2.69 bits per heavy atom. The SMILES string of the molecule is CN/C=C1/NC(=O)C(c2nc3ccc(N4CCCCC4)cc3[nH]2)=C(NC(C)c2ncccn2)C1=N. The second-order valence-corrected chi connectivity index (χ2v) is 8.73. The van der Waals surface area contributed by atoms with Crippen LogP contribution in [0.1, 0.15) is 43.9 Å². The number of carbonyl (C=O) groups is 1. The van der Waals surface area contributed by atoms with Crippen LogP contribution in [0.25, 0.3) is 16.6 Å². The molecule has 0 spiro atoms. The van der Waals surface area contributed by atoms with Gasteiger partial charge in [0.15, 0.2) is 0 Å². The van der Waals surface area contributed by atoms with E-state index in [1.54, 1.807) is 31.7 Å². The van der Waals surface area contributed by atoms with Crippen LogP contribution in [0.5, 0.6) is 0 Å². The molecule has 1 unspecified atom stereocenters. The first-order chi connectivity index (χ1) is 17.0. The minimum Gasteiger partial charge on any atom is -0.392 e. The molecular formula is C25H29N9O. The van der Waals surface area contributed by atoms with Crippen LogP contribution in [0.4, 0.5) is 5.69 Å². The van der Waals surface area contributed by atoms with Gasteiger partial charge in [-0.25, -0.2) is 15.0 Å². The summed E-state index contributed by atoms with van der Waals surface area (Å²) in [5, 5.41) is 17.8. The summed E-state index contributed by atoms with van der Waals surface area (Å²) < 4.78 is 0. The summed E-state index contributed by atoms with van der Waals surface area (Å²) in [4.78, 5) is 32.3. The van der Waals surface area contributed by atoms with Crippen molar-refractivity contribution < 1.29 is 4.79 Å². The molecule has 1 saturated heterocycles. The van der Waals surface area contributed by atoms with Gasteiger partial charge in [0.2, 0.25) is 0 Å². The molecular weight excluding hydrogens is 442 g/mol. The van der Waals surface area contributed by atoms with Gasteiger partial charge in [-0.15, -0.1) is 0 Å². The number of nitrogens with zero attached hydrogens (tertiary/aromatic N) is 4. The summed E-state index contributed by atoms with van der Waals surface area (Å²) >= 11 is 0. The number of rotatable bonds is 6. The number of benzene rings is 1. The number of imidazole rings is 1. The van der Waals surface area contributed by atoms with Crippen molar-refractivity contribution in [3.05, 3.63) is 65.9 Å². The van der Waals surface area contributed by atoms with Gasteiger partial charge in [-0.05, 0) is 50.5 Å². The van der Waals surface area contributed by atoms with Crippen molar-refractivity contribution in [3.8, 4) is 0 Å². The standard InChI is InChI=1S/C25H29N9O/c1-15(23-28-9-6-10-29-23)30-22-20(25(35)33-19(14-27-2)21(22)26)24-31-17-8-7-16(13-18(17)32-24)34-11-4-3-5-12-34/h6-10,13-15,26-27,30H,3-5,11-12H2,1-2H3,(H,31,32)(H,33,35)/b19-14+,26-21?. The molecule has 2 aromatic heterocycles. The topological polar surface area (TPSA) is 135 Å². The van der Waals surface area contributed by atoms with Crippen LogP contribution in [0.2, 0.25) is 0 Å². The molecule has 5 N–H and O–H groups in total. The third-order valence-corrected chi connectivity index (χ3v) is 6.29. The average molecular weight is 472 g/mol. The van der Waals surface area contributed by atoms with E-state index in [2.05, 4.69) is 47.9 Å². The molecule has 0 radical (unpaired) electrons. The number of aromatic amines is 1.